The summed E-state index contributed by atoms with van der Waals surface area (Å²) >= 11 is 0. The summed E-state index contributed by atoms with van der Waals surface area (Å²) in [7, 11) is 1.75. The Morgan fingerprint density at radius 3 is 2.87 bits per heavy atom. The predicted molar refractivity (Wildman–Crippen MR) is 110 cm³/mol. The second-order valence-electron chi connectivity index (χ2n) is 8.39. The molecule has 0 radical (unpaired) electrons. The van der Waals surface area contributed by atoms with Crippen LogP contribution in [0.3, 0.4) is 0 Å². The average Bonchev–Trinajstić information content (AvgIpc) is 3.28. The monoisotopic (exact) mass is 416 g/mol. The molecule has 7 nitrogen and oxygen atoms in total. The third-order valence-electron chi connectivity index (χ3n) is 5.45. The Hall–Kier alpha value is -2.81. The minimum absolute atomic E-state index is 0.131. The Kier molecular flexibility index (Phi) is 5.55. The molecule has 1 amide bonds. The van der Waals surface area contributed by atoms with Crippen LogP contribution in [-0.2, 0) is 7.05 Å². The molecule has 2 aromatic heterocycles. The summed E-state index contributed by atoms with van der Waals surface area (Å²) in [5.41, 5.74) is 1.48. The van der Waals surface area contributed by atoms with E-state index in [4.69, 9.17) is 0 Å². The highest BCUT2D eigenvalue weighted by atomic mass is 19.1. The number of benzene rings is 1. The van der Waals surface area contributed by atoms with Gasteiger partial charge in [0, 0.05) is 55.5 Å². The lowest BCUT2D eigenvalue weighted by Gasteiger charge is -2.35. The Morgan fingerprint density at radius 1 is 1.40 bits per heavy atom. The van der Waals surface area contributed by atoms with Crippen molar-refractivity contribution in [1.29, 1.82) is 0 Å². The summed E-state index contributed by atoms with van der Waals surface area (Å²) < 4.78 is 30.8. The van der Waals surface area contributed by atoms with Gasteiger partial charge in [0.15, 0.2) is 5.69 Å². The van der Waals surface area contributed by atoms with E-state index in [1.807, 2.05) is 0 Å². The van der Waals surface area contributed by atoms with Crippen molar-refractivity contribution >= 4 is 16.8 Å². The van der Waals surface area contributed by atoms with Crippen LogP contribution in [0.1, 0.15) is 30.8 Å². The van der Waals surface area contributed by atoms with Gasteiger partial charge in [-0.1, -0.05) is 13.8 Å². The van der Waals surface area contributed by atoms with Gasteiger partial charge in [0.25, 0.3) is 5.91 Å². The van der Waals surface area contributed by atoms with Gasteiger partial charge in [-0.3, -0.25) is 14.6 Å². The molecule has 1 aliphatic rings. The topological polar surface area (TPSA) is 78.8 Å². The van der Waals surface area contributed by atoms with Crippen LogP contribution in [0, 0.1) is 11.7 Å². The van der Waals surface area contributed by atoms with E-state index in [-0.39, 0.29) is 5.69 Å². The lowest BCUT2D eigenvalue weighted by Crippen LogP contribution is -2.53. The van der Waals surface area contributed by atoms with E-state index < -0.39 is 23.9 Å². The molecule has 1 aromatic carbocycles. The standard InChI is InChI=1S/C21H26F2N6O/c1-12(2)9-29-5-4-18(17(23)11-29)25-21(30)20-15-6-14(13-8-24-28(3)10-13)16(22)7-19(15)26-27-20/h6-8,10,12,17-18H,4-5,9,11H2,1-3H3,(H,25,30)(H,26,27)/t17-,18-/m0/s1. The Bertz CT molecular complexity index is 1060. The molecule has 0 bridgehead atoms. The number of piperidine rings is 1. The number of hydrogen-bond acceptors (Lipinski definition) is 4. The number of likely N-dealkylation sites (tertiary alicyclic amines) is 1. The van der Waals surface area contributed by atoms with Gasteiger partial charge >= 0.3 is 0 Å². The first-order chi connectivity index (χ1) is 14.3. The summed E-state index contributed by atoms with van der Waals surface area (Å²) in [6, 6.07) is 2.33. The molecule has 1 aliphatic heterocycles. The first-order valence-electron chi connectivity index (χ1n) is 10.2. The van der Waals surface area contributed by atoms with Crippen molar-refractivity contribution in [2.45, 2.75) is 32.5 Å². The number of alkyl halides is 1. The molecule has 0 saturated carbocycles. The molecule has 160 valence electrons. The maximum atomic E-state index is 14.7. The molecule has 30 heavy (non-hydrogen) atoms. The number of carbonyl (C=O) groups excluding carboxylic acids is 1. The van der Waals surface area contributed by atoms with E-state index in [1.165, 1.54) is 6.07 Å². The van der Waals surface area contributed by atoms with Gasteiger partial charge in [0.05, 0.1) is 17.8 Å². The van der Waals surface area contributed by atoms with Gasteiger partial charge in [-0.05, 0) is 18.4 Å². The van der Waals surface area contributed by atoms with Crippen molar-refractivity contribution in [1.82, 2.24) is 30.2 Å². The van der Waals surface area contributed by atoms with Crippen LogP contribution in [0.2, 0.25) is 0 Å². The molecule has 2 atom stereocenters. The van der Waals surface area contributed by atoms with Crippen LogP contribution >= 0.6 is 0 Å². The van der Waals surface area contributed by atoms with Gasteiger partial charge in [0.1, 0.15) is 12.0 Å². The van der Waals surface area contributed by atoms with E-state index in [9.17, 15) is 13.6 Å². The van der Waals surface area contributed by atoms with E-state index >= 15 is 0 Å². The molecule has 2 N–H and O–H groups in total. The molecule has 3 aromatic rings. The number of carbonyl (C=O) groups is 1. The number of amides is 1. The number of nitrogens with one attached hydrogen (secondary N) is 2. The van der Waals surface area contributed by atoms with E-state index in [2.05, 4.69) is 39.4 Å². The van der Waals surface area contributed by atoms with Gasteiger partial charge in [0.2, 0.25) is 0 Å². The maximum absolute atomic E-state index is 14.7. The van der Waals surface area contributed by atoms with Crippen molar-refractivity contribution in [3.05, 3.63) is 36.0 Å². The van der Waals surface area contributed by atoms with E-state index in [1.54, 1.807) is 30.2 Å². The minimum Gasteiger partial charge on any atom is -0.345 e. The zero-order valence-electron chi connectivity index (χ0n) is 17.3. The Balaban J connectivity index is 1.54. The second-order valence-corrected chi connectivity index (χ2v) is 8.39. The normalized spacial score (nSPS) is 20.2. The van der Waals surface area contributed by atoms with Gasteiger partial charge in [-0.2, -0.15) is 10.2 Å². The summed E-state index contributed by atoms with van der Waals surface area (Å²) in [6.07, 6.45) is 2.65. The molecule has 0 spiro atoms. The van der Waals surface area contributed by atoms with Gasteiger partial charge < -0.3 is 10.2 Å². The molecule has 3 heterocycles. The van der Waals surface area contributed by atoms with Crippen molar-refractivity contribution in [3.8, 4) is 11.1 Å². The summed E-state index contributed by atoms with van der Waals surface area (Å²) in [5, 5.41) is 14.1. The smallest absolute Gasteiger partial charge is 0.272 e. The third kappa shape index (κ3) is 4.07. The summed E-state index contributed by atoms with van der Waals surface area (Å²) in [5.74, 6) is -0.435. The quantitative estimate of drug-likeness (QED) is 0.670. The average molecular weight is 416 g/mol. The number of fused-ring (bicyclic) bond motifs is 1. The molecule has 1 fully saturated rings. The van der Waals surface area contributed by atoms with Gasteiger partial charge in [-0.25, -0.2) is 8.78 Å². The van der Waals surface area contributed by atoms with Crippen molar-refractivity contribution in [2.75, 3.05) is 19.6 Å². The molecule has 0 unspecified atom stereocenters. The fourth-order valence-electron chi connectivity index (χ4n) is 4.04. The van der Waals surface area contributed by atoms with Crippen molar-refractivity contribution in [2.24, 2.45) is 13.0 Å². The largest absolute Gasteiger partial charge is 0.345 e. The summed E-state index contributed by atoms with van der Waals surface area (Å²) in [4.78, 5) is 14.9. The maximum Gasteiger partial charge on any atom is 0.272 e. The fourth-order valence-corrected chi connectivity index (χ4v) is 4.04. The van der Waals surface area contributed by atoms with Crippen molar-refractivity contribution in [3.63, 3.8) is 0 Å². The SMILES string of the molecule is CC(C)CN1CC[C@H](NC(=O)c2n[nH]c3cc(F)c(-c4cnn(C)c4)cc23)[C@@H](F)C1. The van der Waals surface area contributed by atoms with Crippen LogP contribution in [0.15, 0.2) is 24.5 Å². The zero-order chi connectivity index (χ0) is 21.4. The molecule has 9 heteroatoms. The van der Waals surface area contributed by atoms with Crippen LogP contribution in [0.5, 0.6) is 0 Å². The first-order valence-corrected chi connectivity index (χ1v) is 10.2. The molecule has 0 aliphatic carbocycles. The molecule has 1 saturated heterocycles. The summed E-state index contributed by atoms with van der Waals surface area (Å²) in [6.45, 7) is 6.09. The number of hydrogen-bond donors (Lipinski definition) is 2. The minimum atomic E-state index is -1.14. The lowest BCUT2D eigenvalue weighted by molar-refractivity contribution is 0.0748. The van der Waals surface area contributed by atoms with Crippen LogP contribution < -0.4 is 5.32 Å². The highest BCUT2D eigenvalue weighted by Gasteiger charge is 2.31. The lowest BCUT2D eigenvalue weighted by atomic mass is 10.0. The number of aromatic amines is 1. The number of H-pyrrole nitrogens is 1. The van der Waals surface area contributed by atoms with Gasteiger partial charge in [-0.15, -0.1) is 0 Å². The number of nitrogens with zero attached hydrogens (tertiary/aromatic N) is 4. The molecular formula is C21H26F2N6O. The van der Waals surface area contributed by atoms with E-state index in [0.29, 0.717) is 40.9 Å². The number of aromatic nitrogens is 4. The number of halogens is 2. The highest BCUT2D eigenvalue weighted by molar-refractivity contribution is 6.05. The highest BCUT2D eigenvalue weighted by Crippen LogP contribution is 2.28. The van der Waals surface area contributed by atoms with Crippen LogP contribution in [0.4, 0.5) is 8.78 Å². The van der Waals surface area contributed by atoms with Crippen LogP contribution in [0.25, 0.3) is 22.0 Å². The first kappa shape index (κ1) is 20.5. The fraction of sp³-hybridized carbons (Fsp3) is 0.476. The van der Waals surface area contributed by atoms with Crippen molar-refractivity contribution < 1.29 is 13.6 Å². The Morgan fingerprint density at radius 2 is 2.20 bits per heavy atom. The number of rotatable bonds is 5. The van der Waals surface area contributed by atoms with E-state index in [0.717, 1.165) is 13.1 Å². The Labute approximate surface area is 173 Å². The van der Waals surface area contributed by atoms with Crippen LogP contribution in [-0.4, -0.2) is 62.6 Å². The zero-order valence-corrected chi connectivity index (χ0v) is 17.3. The molecular weight excluding hydrogens is 390 g/mol. The molecule has 4 rings (SSSR count). The number of aryl methyl sites for hydroxylation is 1. The second kappa shape index (κ2) is 8.14. The predicted octanol–water partition coefficient (Wildman–Crippen LogP) is 2.90. The third-order valence-corrected chi connectivity index (χ3v) is 5.45.